The highest BCUT2D eigenvalue weighted by Gasteiger charge is 2.09. The van der Waals surface area contributed by atoms with Crippen molar-refractivity contribution in [1.82, 2.24) is 4.57 Å². The lowest BCUT2D eigenvalue weighted by Crippen LogP contribution is -1.97. The van der Waals surface area contributed by atoms with Crippen LogP contribution in [0, 0.1) is 0 Å². The first-order valence-electron chi connectivity index (χ1n) is 4.53. The molecule has 0 saturated heterocycles. The van der Waals surface area contributed by atoms with Crippen LogP contribution in [0.1, 0.15) is 10.4 Å². The van der Waals surface area contributed by atoms with E-state index in [4.69, 9.17) is 5.11 Å². The number of carboxylic acid groups (broad SMARTS) is 1. The summed E-state index contributed by atoms with van der Waals surface area (Å²) in [5, 5.41) is 27.6. The van der Waals surface area contributed by atoms with Gasteiger partial charge in [-0.25, -0.2) is 4.79 Å². The van der Waals surface area contributed by atoms with Crippen LogP contribution in [-0.2, 0) is 0 Å². The molecule has 2 aromatic rings. The zero-order chi connectivity index (χ0) is 11.7. The van der Waals surface area contributed by atoms with E-state index in [0.29, 0.717) is 5.69 Å². The fourth-order valence-electron chi connectivity index (χ4n) is 1.43. The molecule has 0 saturated carbocycles. The lowest BCUT2D eigenvalue weighted by molar-refractivity contribution is 0.0697. The number of carboxylic acids is 1. The van der Waals surface area contributed by atoms with Crippen molar-refractivity contribution in [2.24, 2.45) is 0 Å². The highest BCUT2D eigenvalue weighted by molar-refractivity contribution is 5.87. The van der Waals surface area contributed by atoms with Gasteiger partial charge in [-0.05, 0) is 24.3 Å². The summed E-state index contributed by atoms with van der Waals surface area (Å²) in [7, 11) is 0. The minimum atomic E-state index is -1.02. The summed E-state index contributed by atoms with van der Waals surface area (Å²) in [4.78, 5) is 10.6. The number of hydrogen-bond donors (Lipinski definition) is 3. The standard InChI is InChI=1S/C11H9NO4/c13-9-5-6-10(14)12(9)8-3-1-7(2-4-8)11(15)16/h1-6,13-14H,(H,15,16). The highest BCUT2D eigenvalue weighted by Crippen LogP contribution is 2.26. The molecule has 3 N–H and O–H groups in total. The van der Waals surface area contributed by atoms with Gasteiger partial charge in [0.15, 0.2) is 11.8 Å². The summed E-state index contributed by atoms with van der Waals surface area (Å²) < 4.78 is 1.20. The minimum Gasteiger partial charge on any atom is -0.494 e. The number of carbonyl (C=O) groups is 1. The van der Waals surface area contributed by atoms with Crippen LogP contribution < -0.4 is 0 Å². The first-order chi connectivity index (χ1) is 7.59. The second-order valence-corrected chi connectivity index (χ2v) is 3.24. The Bertz CT molecular complexity index is 508. The first-order valence-corrected chi connectivity index (χ1v) is 4.53. The predicted molar refractivity (Wildman–Crippen MR) is 56.1 cm³/mol. The molecular formula is C11H9NO4. The Morgan fingerprint density at radius 1 is 0.938 bits per heavy atom. The monoisotopic (exact) mass is 219 g/mol. The van der Waals surface area contributed by atoms with Gasteiger partial charge in [-0.1, -0.05) is 0 Å². The normalized spacial score (nSPS) is 10.2. The van der Waals surface area contributed by atoms with Gasteiger partial charge >= 0.3 is 5.97 Å². The summed E-state index contributed by atoms with van der Waals surface area (Å²) in [5.74, 6) is -1.24. The lowest BCUT2D eigenvalue weighted by atomic mass is 10.2. The number of aromatic hydroxyl groups is 2. The van der Waals surface area contributed by atoms with Crippen molar-refractivity contribution in [3.05, 3.63) is 42.0 Å². The van der Waals surface area contributed by atoms with Gasteiger partial charge in [0.2, 0.25) is 0 Å². The minimum absolute atomic E-state index is 0.111. The quantitative estimate of drug-likeness (QED) is 0.716. The Kier molecular flexibility index (Phi) is 2.28. The van der Waals surface area contributed by atoms with Crippen LogP contribution in [0.25, 0.3) is 5.69 Å². The molecule has 0 unspecified atom stereocenters. The van der Waals surface area contributed by atoms with Crippen molar-refractivity contribution in [3.8, 4) is 17.4 Å². The van der Waals surface area contributed by atoms with Crippen LogP contribution in [-0.4, -0.2) is 25.9 Å². The smallest absolute Gasteiger partial charge is 0.335 e. The van der Waals surface area contributed by atoms with Crippen molar-refractivity contribution in [1.29, 1.82) is 0 Å². The molecule has 0 spiro atoms. The van der Waals surface area contributed by atoms with Crippen molar-refractivity contribution in [2.45, 2.75) is 0 Å². The van der Waals surface area contributed by atoms with Crippen LogP contribution >= 0.6 is 0 Å². The fourth-order valence-corrected chi connectivity index (χ4v) is 1.43. The van der Waals surface area contributed by atoms with Gasteiger partial charge in [-0.3, -0.25) is 4.57 Å². The zero-order valence-corrected chi connectivity index (χ0v) is 8.16. The van der Waals surface area contributed by atoms with Crippen molar-refractivity contribution in [2.75, 3.05) is 0 Å². The average Bonchev–Trinajstić information content (AvgIpc) is 2.59. The van der Waals surface area contributed by atoms with E-state index in [0.717, 1.165) is 0 Å². The van der Waals surface area contributed by atoms with Crippen LogP contribution in [0.2, 0.25) is 0 Å². The Hall–Kier alpha value is -2.43. The summed E-state index contributed by atoms with van der Waals surface area (Å²) in [6, 6.07) is 8.50. The Morgan fingerprint density at radius 3 is 1.88 bits per heavy atom. The molecule has 0 amide bonds. The highest BCUT2D eigenvalue weighted by atomic mass is 16.4. The van der Waals surface area contributed by atoms with Crippen molar-refractivity contribution >= 4 is 5.97 Å². The van der Waals surface area contributed by atoms with Gasteiger partial charge in [0, 0.05) is 12.1 Å². The number of aromatic carboxylic acids is 1. The van der Waals surface area contributed by atoms with E-state index in [1.807, 2.05) is 0 Å². The van der Waals surface area contributed by atoms with Crippen molar-refractivity contribution < 1.29 is 20.1 Å². The fraction of sp³-hybridized carbons (Fsp3) is 0. The van der Waals surface area contributed by atoms with E-state index in [-0.39, 0.29) is 17.3 Å². The lowest BCUT2D eigenvalue weighted by Gasteiger charge is -2.06. The average molecular weight is 219 g/mol. The summed E-state index contributed by atoms with van der Waals surface area (Å²) in [5.41, 5.74) is 0.639. The number of hydrogen-bond acceptors (Lipinski definition) is 3. The van der Waals surface area contributed by atoms with Gasteiger partial charge in [0.25, 0.3) is 0 Å². The van der Waals surface area contributed by atoms with Gasteiger partial charge in [0.05, 0.1) is 11.3 Å². The summed E-state index contributed by atoms with van der Waals surface area (Å²) in [6.07, 6.45) is 0. The van der Waals surface area contributed by atoms with Gasteiger partial charge in [-0.2, -0.15) is 0 Å². The molecule has 0 radical (unpaired) electrons. The third-order valence-electron chi connectivity index (χ3n) is 2.21. The van der Waals surface area contributed by atoms with Gasteiger partial charge in [-0.15, -0.1) is 0 Å². The third-order valence-corrected chi connectivity index (χ3v) is 2.21. The first kappa shape index (κ1) is 10.1. The summed E-state index contributed by atoms with van der Waals surface area (Å²) in [6.45, 7) is 0. The second kappa shape index (κ2) is 3.62. The maximum absolute atomic E-state index is 10.6. The molecule has 1 aromatic heterocycles. The second-order valence-electron chi connectivity index (χ2n) is 3.24. The molecule has 1 aromatic carbocycles. The van der Waals surface area contributed by atoms with Gasteiger partial charge in [0.1, 0.15) is 0 Å². The van der Waals surface area contributed by atoms with E-state index in [9.17, 15) is 15.0 Å². The number of aromatic nitrogens is 1. The van der Waals surface area contributed by atoms with Crippen LogP contribution in [0.3, 0.4) is 0 Å². The molecular weight excluding hydrogens is 210 g/mol. The van der Waals surface area contributed by atoms with Crippen LogP contribution in [0.4, 0.5) is 0 Å². The maximum Gasteiger partial charge on any atom is 0.335 e. The molecule has 0 atom stereocenters. The molecule has 0 aliphatic rings. The molecule has 82 valence electrons. The zero-order valence-electron chi connectivity index (χ0n) is 8.16. The maximum atomic E-state index is 10.6. The van der Waals surface area contributed by atoms with E-state index in [1.165, 1.54) is 41.0 Å². The van der Waals surface area contributed by atoms with E-state index >= 15 is 0 Å². The summed E-state index contributed by atoms with van der Waals surface area (Å²) >= 11 is 0. The molecule has 1 heterocycles. The Morgan fingerprint density at radius 2 is 1.44 bits per heavy atom. The molecule has 16 heavy (non-hydrogen) atoms. The third kappa shape index (κ3) is 1.58. The van der Waals surface area contributed by atoms with Gasteiger partial charge < -0.3 is 15.3 Å². The molecule has 0 aliphatic heterocycles. The number of nitrogens with zero attached hydrogens (tertiary/aromatic N) is 1. The molecule has 5 heteroatoms. The molecule has 2 rings (SSSR count). The molecule has 0 bridgehead atoms. The molecule has 0 aliphatic carbocycles. The molecule has 5 nitrogen and oxygen atoms in total. The van der Waals surface area contributed by atoms with E-state index in [1.54, 1.807) is 0 Å². The Balaban J connectivity index is 2.46. The number of rotatable bonds is 2. The Labute approximate surface area is 90.8 Å². The van der Waals surface area contributed by atoms with Crippen LogP contribution in [0.15, 0.2) is 36.4 Å². The molecule has 0 fully saturated rings. The predicted octanol–water partition coefficient (Wildman–Crippen LogP) is 1.59. The van der Waals surface area contributed by atoms with E-state index in [2.05, 4.69) is 0 Å². The number of benzene rings is 1. The van der Waals surface area contributed by atoms with Crippen LogP contribution in [0.5, 0.6) is 11.8 Å². The SMILES string of the molecule is O=C(O)c1ccc(-n2c(O)ccc2O)cc1. The van der Waals surface area contributed by atoms with E-state index < -0.39 is 5.97 Å². The topological polar surface area (TPSA) is 82.7 Å². The largest absolute Gasteiger partial charge is 0.494 e. The van der Waals surface area contributed by atoms with Crippen molar-refractivity contribution in [3.63, 3.8) is 0 Å².